The maximum Gasteiger partial charge on any atom is 0.309 e. The van der Waals surface area contributed by atoms with Crippen LogP contribution in [0, 0.1) is 34.5 Å². The average molecular weight is 462 g/mol. The fourth-order valence-corrected chi connectivity index (χ4v) is 8.46. The second kappa shape index (κ2) is 8.62. The van der Waals surface area contributed by atoms with Crippen LogP contribution in [-0.2, 0) is 14.3 Å². The van der Waals surface area contributed by atoms with Crippen molar-refractivity contribution in [1.82, 2.24) is 4.98 Å². The highest BCUT2D eigenvalue weighted by Crippen LogP contribution is 2.66. The molecule has 4 aliphatic carbocycles. The molecule has 182 valence electrons. The van der Waals surface area contributed by atoms with Gasteiger partial charge in [-0.15, -0.1) is 0 Å². The highest BCUT2D eigenvalue weighted by molar-refractivity contribution is 5.73. The standard InChI is InChI=1S/C30H39NO3/c1-29-13-9-23(34-28(32)20-11-16-33-17-12-20)18-22(29)5-6-24-26-8-7-25(21-4-3-15-31-19-21)30(26,2)14-10-27(24)29/h3-5,7,15,19-20,23-24,26-27H,6,8-14,16-18H2,1-2H3/t23-,24-,26-,27-,29-,30+/m0/s1. The molecule has 3 fully saturated rings. The number of carbonyl (C=O) groups excluding carboxylic acids is 1. The van der Waals surface area contributed by atoms with Crippen molar-refractivity contribution in [3.8, 4) is 0 Å². The van der Waals surface area contributed by atoms with Crippen molar-refractivity contribution >= 4 is 11.5 Å². The molecule has 0 unspecified atom stereocenters. The van der Waals surface area contributed by atoms with Crippen LogP contribution in [0.1, 0.15) is 77.2 Å². The summed E-state index contributed by atoms with van der Waals surface area (Å²) in [7, 11) is 0. The molecule has 1 aromatic rings. The molecule has 6 rings (SSSR count). The minimum Gasteiger partial charge on any atom is -0.462 e. The van der Waals surface area contributed by atoms with E-state index >= 15 is 0 Å². The molecule has 6 atom stereocenters. The Hall–Kier alpha value is -1.94. The summed E-state index contributed by atoms with van der Waals surface area (Å²) in [5.41, 5.74) is 4.96. The van der Waals surface area contributed by atoms with Gasteiger partial charge in [0.05, 0.1) is 5.92 Å². The van der Waals surface area contributed by atoms with Gasteiger partial charge in [0.1, 0.15) is 6.10 Å². The van der Waals surface area contributed by atoms with E-state index in [4.69, 9.17) is 9.47 Å². The van der Waals surface area contributed by atoms with Crippen molar-refractivity contribution < 1.29 is 14.3 Å². The SMILES string of the molecule is C[C@]12CC[C@H](OC(=O)C3CCOCC3)CC1=CC[C@@H]1[C@@H]2CC[C@]2(C)C(c3cccnc3)=CC[C@@H]12. The highest BCUT2D eigenvalue weighted by atomic mass is 16.5. The first-order valence-electron chi connectivity index (χ1n) is 13.6. The Morgan fingerprint density at radius 3 is 2.65 bits per heavy atom. The second-order valence-corrected chi connectivity index (χ2v) is 12.0. The van der Waals surface area contributed by atoms with E-state index in [9.17, 15) is 4.79 Å². The molecule has 0 aromatic carbocycles. The summed E-state index contributed by atoms with van der Waals surface area (Å²) in [5, 5.41) is 0. The van der Waals surface area contributed by atoms with Crippen LogP contribution in [0.4, 0.5) is 0 Å². The fraction of sp³-hybridized carbons (Fsp3) is 0.667. The molecule has 4 nitrogen and oxygen atoms in total. The van der Waals surface area contributed by atoms with Gasteiger partial charge in [0.15, 0.2) is 0 Å². The van der Waals surface area contributed by atoms with E-state index in [1.807, 2.05) is 6.20 Å². The van der Waals surface area contributed by atoms with Crippen molar-refractivity contribution in [2.75, 3.05) is 13.2 Å². The zero-order chi connectivity index (χ0) is 23.3. The van der Waals surface area contributed by atoms with Gasteiger partial charge in [0.2, 0.25) is 0 Å². The minimum atomic E-state index is 0.0135. The van der Waals surface area contributed by atoms with Gasteiger partial charge >= 0.3 is 5.97 Å². The summed E-state index contributed by atoms with van der Waals surface area (Å²) >= 11 is 0. The zero-order valence-electron chi connectivity index (χ0n) is 20.8. The maximum absolute atomic E-state index is 12.7. The summed E-state index contributed by atoms with van der Waals surface area (Å²) in [4.78, 5) is 17.1. The van der Waals surface area contributed by atoms with Crippen molar-refractivity contribution in [1.29, 1.82) is 0 Å². The normalized spacial score (nSPS) is 39.8. The highest BCUT2D eigenvalue weighted by Gasteiger charge is 2.57. The molecule has 2 heterocycles. The maximum atomic E-state index is 12.7. The summed E-state index contributed by atoms with van der Waals surface area (Å²) in [5.74, 6) is 2.27. The predicted octanol–water partition coefficient (Wildman–Crippen LogP) is 6.38. The van der Waals surface area contributed by atoms with Crippen LogP contribution in [0.25, 0.3) is 5.57 Å². The first-order valence-corrected chi connectivity index (χ1v) is 13.6. The number of hydrogen-bond acceptors (Lipinski definition) is 4. The number of rotatable bonds is 3. The van der Waals surface area contributed by atoms with E-state index in [1.165, 1.54) is 36.8 Å². The first kappa shape index (κ1) is 22.5. The molecule has 4 heteroatoms. The van der Waals surface area contributed by atoms with Gasteiger partial charge in [-0.2, -0.15) is 0 Å². The first-order chi connectivity index (χ1) is 16.5. The summed E-state index contributed by atoms with van der Waals surface area (Å²) in [6.07, 6.45) is 18.7. The Bertz CT molecular complexity index is 994. The summed E-state index contributed by atoms with van der Waals surface area (Å²) < 4.78 is 11.5. The molecular formula is C30H39NO3. The average Bonchev–Trinajstić information content (AvgIpc) is 3.22. The van der Waals surface area contributed by atoms with Crippen LogP contribution in [0.2, 0.25) is 0 Å². The molecule has 0 bridgehead atoms. The predicted molar refractivity (Wildman–Crippen MR) is 133 cm³/mol. The number of fused-ring (bicyclic) bond motifs is 5. The number of aromatic nitrogens is 1. The van der Waals surface area contributed by atoms with Gasteiger partial charge in [-0.05, 0) is 97.2 Å². The molecule has 1 aliphatic heterocycles. The monoisotopic (exact) mass is 461 g/mol. The zero-order valence-corrected chi connectivity index (χ0v) is 20.8. The lowest BCUT2D eigenvalue weighted by Crippen LogP contribution is -2.50. The molecular weight excluding hydrogens is 422 g/mol. The van der Waals surface area contributed by atoms with Crippen LogP contribution >= 0.6 is 0 Å². The molecule has 2 saturated carbocycles. The van der Waals surface area contributed by atoms with E-state index in [0.717, 1.165) is 49.9 Å². The van der Waals surface area contributed by atoms with Gasteiger partial charge in [0.25, 0.3) is 0 Å². The largest absolute Gasteiger partial charge is 0.462 e. The number of pyridine rings is 1. The van der Waals surface area contributed by atoms with Gasteiger partial charge in [-0.1, -0.05) is 37.6 Å². The number of nitrogens with zero attached hydrogens (tertiary/aromatic N) is 1. The molecule has 0 amide bonds. The number of allylic oxidation sites excluding steroid dienone is 3. The fourth-order valence-electron chi connectivity index (χ4n) is 8.46. The third-order valence-corrected chi connectivity index (χ3v) is 10.4. The van der Waals surface area contributed by atoms with E-state index in [-0.39, 0.29) is 28.8 Å². The molecule has 0 radical (unpaired) electrons. The van der Waals surface area contributed by atoms with Crippen LogP contribution in [0.3, 0.4) is 0 Å². The Labute approximate surface area is 204 Å². The lowest BCUT2D eigenvalue weighted by molar-refractivity contribution is -0.159. The molecule has 0 N–H and O–H groups in total. The van der Waals surface area contributed by atoms with Gasteiger partial charge in [-0.25, -0.2) is 0 Å². The third-order valence-electron chi connectivity index (χ3n) is 10.4. The molecule has 0 spiro atoms. The Morgan fingerprint density at radius 1 is 1.03 bits per heavy atom. The van der Waals surface area contributed by atoms with E-state index in [0.29, 0.717) is 13.2 Å². The van der Waals surface area contributed by atoms with E-state index < -0.39 is 0 Å². The van der Waals surface area contributed by atoms with E-state index in [1.54, 1.807) is 5.57 Å². The van der Waals surface area contributed by atoms with Gasteiger partial charge < -0.3 is 9.47 Å². The number of hydrogen-bond donors (Lipinski definition) is 0. The number of carbonyl (C=O) groups is 1. The molecule has 1 saturated heterocycles. The van der Waals surface area contributed by atoms with Crippen molar-refractivity contribution in [3.05, 3.63) is 47.8 Å². The molecule has 1 aromatic heterocycles. The Balaban J connectivity index is 1.17. The smallest absolute Gasteiger partial charge is 0.309 e. The van der Waals surface area contributed by atoms with Crippen molar-refractivity contribution in [3.63, 3.8) is 0 Å². The van der Waals surface area contributed by atoms with Crippen molar-refractivity contribution in [2.24, 2.45) is 34.5 Å². The summed E-state index contributed by atoms with van der Waals surface area (Å²) in [6, 6.07) is 4.31. The van der Waals surface area contributed by atoms with E-state index in [2.05, 4.69) is 49.3 Å². The van der Waals surface area contributed by atoms with Gasteiger partial charge in [0, 0.05) is 32.0 Å². The Morgan fingerprint density at radius 2 is 1.85 bits per heavy atom. The van der Waals surface area contributed by atoms with Crippen molar-refractivity contribution in [2.45, 2.75) is 77.7 Å². The molecule has 5 aliphatic rings. The minimum absolute atomic E-state index is 0.0135. The second-order valence-electron chi connectivity index (χ2n) is 12.0. The lowest BCUT2D eigenvalue weighted by atomic mass is 9.47. The third kappa shape index (κ3) is 3.59. The van der Waals surface area contributed by atoms with Crippen LogP contribution < -0.4 is 0 Å². The quantitative estimate of drug-likeness (QED) is 0.387. The lowest BCUT2D eigenvalue weighted by Gasteiger charge is -2.58. The van der Waals surface area contributed by atoms with Crippen LogP contribution in [-0.4, -0.2) is 30.3 Å². The molecule has 34 heavy (non-hydrogen) atoms. The summed E-state index contributed by atoms with van der Waals surface area (Å²) in [6.45, 7) is 6.43. The van der Waals surface area contributed by atoms with Gasteiger partial charge in [-0.3, -0.25) is 9.78 Å². The topological polar surface area (TPSA) is 48.4 Å². The van der Waals surface area contributed by atoms with Crippen LogP contribution in [0.15, 0.2) is 42.3 Å². The number of esters is 1. The number of ether oxygens (including phenoxy) is 2. The van der Waals surface area contributed by atoms with Crippen LogP contribution in [0.5, 0.6) is 0 Å². The Kier molecular flexibility index (Phi) is 5.71.